The molecule has 0 aliphatic rings. The fourth-order valence-corrected chi connectivity index (χ4v) is 3.02. The van der Waals surface area contributed by atoms with E-state index in [1.165, 1.54) is 19.5 Å². The Labute approximate surface area is 172 Å². The number of hydrogen-bond donors (Lipinski definition) is 2. The third-order valence-electron chi connectivity index (χ3n) is 4.51. The number of ether oxygens (including phenoxy) is 1. The molecular weight excluding hydrogens is 380 g/mol. The molecule has 0 amide bonds. The van der Waals surface area contributed by atoms with Crippen LogP contribution in [0.15, 0.2) is 67.1 Å². The molecule has 0 unspecified atom stereocenters. The summed E-state index contributed by atoms with van der Waals surface area (Å²) in [6.07, 6.45) is 4.68. The van der Waals surface area contributed by atoms with Crippen LogP contribution >= 0.6 is 0 Å². The van der Waals surface area contributed by atoms with Gasteiger partial charge in [-0.15, -0.1) is 0 Å². The maximum atomic E-state index is 11.6. The van der Waals surface area contributed by atoms with Crippen molar-refractivity contribution in [2.45, 2.75) is 0 Å². The number of rotatable bonds is 4. The quantitative estimate of drug-likeness (QED) is 0.502. The van der Waals surface area contributed by atoms with Gasteiger partial charge in [-0.1, -0.05) is 18.2 Å². The highest BCUT2D eigenvalue weighted by Gasteiger charge is 2.14. The van der Waals surface area contributed by atoms with E-state index >= 15 is 0 Å². The number of carbonyl (C=O) groups is 1. The topological polar surface area (TPSA) is 130 Å². The van der Waals surface area contributed by atoms with Crippen molar-refractivity contribution in [1.29, 1.82) is 0 Å². The Morgan fingerprint density at radius 2 is 1.87 bits per heavy atom. The third-order valence-corrected chi connectivity index (χ3v) is 4.51. The third kappa shape index (κ3) is 3.66. The molecule has 0 radical (unpaired) electrons. The standard InChI is InChI=1S/C22H18N6O2/c1-30-22(29)18-7-6-14(11-26-18)19-9-20(24)28-21(27-19)16(10-23)15-8-13-4-2-3-5-17(13)25-12-15/h2-12H,23H2,1H3,(H2,24,27,28). The molecule has 3 heterocycles. The van der Waals surface area contributed by atoms with E-state index < -0.39 is 5.97 Å². The highest BCUT2D eigenvalue weighted by atomic mass is 16.5. The van der Waals surface area contributed by atoms with Crippen LogP contribution in [-0.2, 0) is 4.74 Å². The predicted octanol–water partition coefficient (Wildman–Crippen LogP) is 2.80. The lowest BCUT2D eigenvalue weighted by atomic mass is 10.1. The van der Waals surface area contributed by atoms with Gasteiger partial charge in [0, 0.05) is 46.7 Å². The number of fused-ring (bicyclic) bond motifs is 1. The fourth-order valence-electron chi connectivity index (χ4n) is 3.02. The number of hydrogen-bond acceptors (Lipinski definition) is 8. The first kappa shape index (κ1) is 19.0. The highest BCUT2D eigenvalue weighted by Crippen LogP contribution is 2.26. The number of para-hydroxylation sites is 1. The second kappa shape index (κ2) is 7.96. The molecule has 4 N–H and O–H groups in total. The zero-order valence-electron chi connectivity index (χ0n) is 16.1. The number of pyridine rings is 2. The second-order valence-electron chi connectivity index (χ2n) is 6.42. The van der Waals surface area contributed by atoms with E-state index in [-0.39, 0.29) is 11.5 Å². The molecule has 3 aromatic heterocycles. The first-order chi connectivity index (χ1) is 14.6. The van der Waals surface area contributed by atoms with Crippen molar-refractivity contribution in [3.63, 3.8) is 0 Å². The zero-order chi connectivity index (χ0) is 21.1. The van der Waals surface area contributed by atoms with Crippen LogP contribution < -0.4 is 11.5 Å². The highest BCUT2D eigenvalue weighted by molar-refractivity contribution is 5.88. The summed E-state index contributed by atoms with van der Waals surface area (Å²) >= 11 is 0. The van der Waals surface area contributed by atoms with Crippen molar-refractivity contribution < 1.29 is 9.53 Å². The van der Waals surface area contributed by atoms with Crippen molar-refractivity contribution in [3.8, 4) is 11.3 Å². The van der Waals surface area contributed by atoms with E-state index in [2.05, 4.69) is 24.7 Å². The number of methoxy groups -OCH3 is 1. The number of nitrogens with zero attached hydrogens (tertiary/aromatic N) is 4. The monoisotopic (exact) mass is 398 g/mol. The molecule has 8 nitrogen and oxygen atoms in total. The lowest BCUT2D eigenvalue weighted by molar-refractivity contribution is 0.0594. The van der Waals surface area contributed by atoms with Crippen LogP contribution in [0.4, 0.5) is 5.82 Å². The summed E-state index contributed by atoms with van der Waals surface area (Å²) in [6.45, 7) is 0. The minimum absolute atomic E-state index is 0.202. The first-order valence-electron chi connectivity index (χ1n) is 9.06. The number of esters is 1. The van der Waals surface area contributed by atoms with E-state index in [4.69, 9.17) is 11.5 Å². The molecule has 4 rings (SSSR count). The van der Waals surface area contributed by atoms with Gasteiger partial charge in [-0.2, -0.15) is 0 Å². The minimum Gasteiger partial charge on any atom is -0.464 e. The average molecular weight is 398 g/mol. The molecule has 4 aromatic rings. The van der Waals surface area contributed by atoms with Crippen LogP contribution in [0, 0.1) is 0 Å². The second-order valence-corrected chi connectivity index (χ2v) is 6.42. The van der Waals surface area contributed by atoms with Gasteiger partial charge in [0.05, 0.1) is 18.3 Å². The van der Waals surface area contributed by atoms with Crippen LogP contribution in [0.3, 0.4) is 0 Å². The van der Waals surface area contributed by atoms with Gasteiger partial charge in [-0.25, -0.2) is 19.7 Å². The van der Waals surface area contributed by atoms with Crippen molar-refractivity contribution in [1.82, 2.24) is 19.9 Å². The van der Waals surface area contributed by atoms with Crippen molar-refractivity contribution in [2.24, 2.45) is 5.73 Å². The molecule has 0 saturated carbocycles. The van der Waals surface area contributed by atoms with E-state index in [1.807, 2.05) is 30.3 Å². The Balaban J connectivity index is 1.75. The van der Waals surface area contributed by atoms with E-state index in [0.717, 1.165) is 16.5 Å². The number of nitrogens with two attached hydrogens (primary N) is 2. The lowest BCUT2D eigenvalue weighted by Gasteiger charge is -2.10. The van der Waals surface area contributed by atoms with Gasteiger partial charge in [-0.05, 0) is 24.3 Å². The molecule has 8 heteroatoms. The van der Waals surface area contributed by atoms with Crippen LogP contribution in [0.2, 0.25) is 0 Å². The molecule has 0 aliphatic carbocycles. The molecule has 1 aromatic carbocycles. The van der Waals surface area contributed by atoms with Crippen LogP contribution in [0.25, 0.3) is 27.7 Å². The lowest BCUT2D eigenvalue weighted by Crippen LogP contribution is -2.05. The largest absolute Gasteiger partial charge is 0.464 e. The molecular formula is C22H18N6O2. The summed E-state index contributed by atoms with van der Waals surface area (Å²) in [5.74, 6) is 0.128. The Hall–Kier alpha value is -4.33. The molecule has 0 bridgehead atoms. The number of carbonyl (C=O) groups excluding carboxylic acids is 1. The molecule has 0 aliphatic heterocycles. The number of nitrogen functional groups attached to an aromatic ring is 1. The maximum Gasteiger partial charge on any atom is 0.356 e. The van der Waals surface area contributed by atoms with Crippen LogP contribution in [0.5, 0.6) is 0 Å². The van der Waals surface area contributed by atoms with Gasteiger partial charge in [0.2, 0.25) is 0 Å². The summed E-state index contributed by atoms with van der Waals surface area (Å²) in [7, 11) is 1.30. The van der Waals surface area contributed by atoms with E-state index in [9.17, 15) is 4.79 Å². The Kier molecular flexibility index (Phi) is 5.04. The maximum absolute atomic E-state index is 11.6. The predicted molar refractivity (Wildman–Crippen MR) is 114 cm³/mol. The van der Waals surface area contributed by atoms with Gasteiger partial charge in [0.15, 0.2) is 5.82 Å². The SMILES string of the molecule is COC(=O)c1ccc(-c2cc(N)nc(C(=CN)c3cnc4ccccc4c3)n2)cn1. The summed E-state index contributed by atoms with van der Waals surface area (Å²) in [4.78, 5) is 29.1. The smallest absolute Gasteiger partial charge is 0.356 e. The Bertz CT molecular complexity index is 1270. The van der Waals surface area contributed by atoms with Crippen LogP contribution in [0.1, 0.15) is 21.9 Å². The van der Waals surface area contributed by atoms with Gasteiger partial charge in [0.25, 0.3) is 0 Å². The molecule has 0 atom stereocenters. The molecule has 30 heavy (non-hydrogen) atoms. The van der Waals surface area contributed by atoms with Gasteiger partial charge in [0.1, 0.15) is 11.5 Å². The van der Waals surface area contributed by atoms with Gasteiger partial charge < -0.3 is 16.2 Å². The Morgan fingerprint density at radius 3 is 2.60 bits per heavy atom. The summed E-state index contributed by atoms with van der Waals surface area (Å²) < 4.78 is 4.67. The van der Waals surface area contributed by atoms with Crippen LogP contribution in [-0.4, -0.2) is 33.0 Å². The molecule has 148 valence electrons. The minimum atomic E-state index is -0.512. The van der Waals surface area contributed by atoms with Crippen molar-refractivity contribution >= 4 is 28.3 Å². The van der Waals surface area contributed by atoms with Crippen molar-refractivity contribution in [3.05, 3.63) is 84.2 Å². The fraction of sp³-hybridized carbons (Fsp3) is 0.0455. The number of aromatic nitrogens is 4. The summed E-state index contributed by atoms with van der Waals surface area (Å²) in [5, 5.41) is 0.973. The molecule has 0 spiro atoms. The van der Waals surface area contributed by atoms with E-state index in [1.54, 1.807) is 24.4 Å². The Morgan fingerprint density at radius 1 is 1.03 bits per heavy atom. The summed E-state index contributed by atoms with van der Waals surface area (Å²) in [6, 6.07) is 14.7. The van der Waals surface area contributed by atoms with Gasteiger partial charge >= 0.3 is 5.97 Å². The summed E-state index contributed by atoms with van der Waals surface area (Å²) in [5.41, 5.74) is 15.6. The molecule has 0 saturated heterocycles. The van der Waals surface area contributed by atoms with Gasteiger partial charge in [-0.3, -0.25) is 4.98 Å². The normalized spacial score (nSPS) is 11.4. The first-order valence-corrected chi connectivity index (χ1v) is 9.06. The van der Waals surface area contributed by atoms with Crippen molar-refractivity contribution in [2.75, 3.05) is 12.8 Å². The average Bonchev–Trinajstić information content (AvgIpc) is 2.78. The molecule has 0 fully saturated rings. The zero-order valence-corrected chi connectivity index (χ0v) is 16.1. The van der Waals surface area contributed by atoms with E-state index in [0.29, 0.717) is 22.7 Å². The number of anilines is 1. The number of benzene rings is 1.